The van der Waals surface area contributed by atoms with Crippen LogP contribution in [0.4, 0.5) is 0 Å². The van der Waals surface area contributed by atoms with Crippen LogP contribution in [0.25, 0.3) is 0 Å². The average molecular weight is 762 g/mol. The van der Waals surface area contributed by atoms with E-state index in [1.54, 1.807) is 0 Å². The van der Waals surface area contributed by atoms with Crippen LogP contribution >= 0.6 is 39.9 Å². The average Bonchev–Trinajstić information content (AvgIpc) is 3.15. The second-order valence-electron chi connectivity index (χ2n) is 12.5. The van der Waals surface area contributed by atoms with Gasteiger partial charge in [-0.1, -0.05) is 169 Å². The van der Waals surface area contributed by atoms with Crippen LogP contribution in [0.15, 0.2) is 121 Å². The summed E-state index contributed by atoms with van der Waals surface area (Å²) >= 11 is 11.1. The molecule has 0 radical (unpaired) electrons. The molecule has 49 heavy (non-hydrogen) atoms. The minimum Gasteiger partial charge on any atom is -0.355 e. The third-order valence-corrected chi connectivity index (χ3v) is 11.0. The number of rotatable bonds is 9. The largest absolute Gasteiger partial charge is 0.355 e. The van der Waals surface area contributed by atoms with E-state index in [0.29, 0.717) is 11.8 Å². The third-order valence-electron chi connectivity index (χ3n) is 8.94. The zero-order chi connectivity index (χ0) is 33.8. The molecule has 0 bridgehead atoms. The maximum atomic E-state index is 5.67. The minimum absolute atomic E-state index is 0. The fourth-order valence-corrected chi connectivity index (χ4v) is 7.81. The number of hydrogen-bond acceptors (Lipinski definition) is 5. The van der Waals surface area contributed by atoms with E-state index < -0.39 is 0 Å². The highest BCUT2D eigenvalue weighted by molar-refractivity contribution is 9.09. The van der Waals surface area contributed by atoms with Gasteiger partial charge in [0.2, 0.25) is 0 Å². The molecule has 2 heterocycles. The fraction of sp³-hybridized carbons (Fsp3) is 0.405. The summed E-state index contributed by atoms with van der Waals surface area (Å²) in [5.74, 6) is 1.99. The normalized spacial score (nSPS) is 15.0. The minimum atomic E-state index is 0. The molecule has 2 aliphatic heterocycles. The lowest BCUT2D eigenvalue weighted by Gasteiger charge is -2.33. The summed E-state index contributed by atoms with van der Waals surface area (Å²) in [6.45, 7) is 9.08. The molecule has 0 saturated carbocycles. The molecule has 0 atom stereocenters. The molecule has 4 aromatic rings. The predicted molar refractivity (Wildman–Crippen MR) is 224 cm³/mol. The molecule has 264 valence electrons. The summed E-state index contributed by atoms with van der Waals surface area (Å²) in [5.41, 5.74) is 5.57. The predicted octanol–water partition coefficient (Wildman–Crippen LogP) is 9.24. The first-order valence-corrected chi connectivity index (χ1v) is 19.8. The molecule has 2 fully saturated rings. The van der Waals surface area contributed by atoms with Gasteiger partial charge in [-0.2, -0.15) is 0 Å². The summed E-state index contributed by atoms with van der Waals surface area (Å²) in [7, 11) is 4.33. The highest BCUT2D eigenvalue weighted by atomic mass is 79.9. The van der Waals surface area contributed by atoms with Crippen molar-refractivity contribution in [3.8, 4) is 0 Å². The zero-order valence-corrected chi connectivity index (χ0v) is 31.9. The number of likely N-dealkylation sites (N-methyl/N-ethyl adjacent to an activating group) is 2. The lowest BCUT2D eigenvalue weighted by molar-refractivity contribution is 0.220. The Balaban J connectivity index is 0.000000230. The lowest BCUT2D eigenvalue weighted by atomic mass is 9.89. The van der Waals surface area contributed by atoms with Crippen molar-refractivity contribution in [3.05, 3.63) is 144 Å². The molecular weight excluding hydrogens is 705 g/mol. The van der Waals surface area contributed by atoms with E-state index in [-0.39, 0.29) is 7.43 Å². The van der Waals surface area contributed by atoms with Crippen molar-refractivity contribution in [3.63, 3.8) is 0 Å². The summed E-state index contributed by atoms with van der Waals surface area (Å²) in [6, 6.07) is 43.1. The van der Waals surface area contributed by atoms with Gasteiger partial charge in [0.15, 0.2) is 0 Å². The molecule has 4 nitrogen and oxygen atoms in total. The number of alkyl halides is 1. The van der Waals surface area contributed by atoms with Gasteiger partial charge in [-0.05, 0) is 49.2 Å². The number of halogens is 1. The monoisotopic (exact) mass is 760 g/mol. The molecule has 0 spiro atoms. The molecule has 0 aromatic heterocycles. The van der Waals surface area contributed by atoms with Crippen molar-refractivity contribution in [2.24, 2.45) is 0 Å². The molecule has 0 amide bonds. The summed E-state index contributed by atoms with van der Waals surface area (Å²) in [5, 5.41) is 4.30. The first-order chi connectivity index (χ1) is 23.5. The van der Waals surface area contributed by atoms with Crippen LogP contribution in [0.3, 0.4) is 0 Å². The second kappa shape index (κ2) is 23.8. The molecule has 6 rings (SSSR count). The smallest absolute Gasteiger partial charge is 0.136 e. The Hall–Kier alpha value is -2.52. The van der Waals surface area contributed by atoms with Gasteiger partial charge in [-0.3, -0.25) is 0 Å². The quantitative estimate of drug-likeness (QED) is 0.135. The van der Waals surface area contributed by atoms with E-state index in [4.69, 9.17) is 12.2 Å². The highest BCUT2D eigenvalue weighted by Gasteiger charge is 2.18. The lowest BCUT2D eigenvalue weighted by Crippen LogP contribution is -2.45. The van der Waals surface area contributed by atoms with E-state index in [1.807, 2.05) is 11.8 Å². The van der Waals surface area contributed by atoms with Crippen LogP contribution in [-0.2, 0) is 0 Å². The molecule has 2 saturated heterocycles. The third kappa shape index (κ3) is 14.7. The van der Waals surface area contributed by atoms with Crippen LogP contribution in [0.1, 0.15) is 54.4 Å². The maximum absolute atomic E-state index is 5.67. The first kappa shape index (κ1) is 40.9. The van der Waals surface area contributed by atoms with Crippen LogP contribution < -0.4 is 5.32 Å². The number of benzene rings is 4. The van der Waals surface area contributed by atoms with Gasteiger partial charge in [0.05, 0.1) is 0 Å². The SMILES string of the molecule is BrCCC(c1ccccc1)c1ccccc1.C.CN1CCN(C(=S)SCCC(c2ccccc2)c2ccccc2)CC1.CN1CCNCC1. The van der Waals surface area contributed by atoms with Crippen LogP contribution in [-0.4, -0.2) is 96.6 Å². The van der Waals surface area contributed by atoms with Crippen LogP contribution in [0.2, 0.25) is 0 Å². The van der Waals surface area contributed by atoms with Crippen molar-refractivity contribution < 1.29 is 0 Å². The molecular formula is C42H57BrN4S2. The Labute approximate surface area is 315 Å². The highest BCUT2D eigenvalue weighted by Crippen LogP contribution is 2.30. The Bertz CT molecular complexity index is 1320. The van der Waals surface area contributed by atoms with Crippen LogP contribution in [0.5, 0.6) is 0 Å². The number of piperazine rings is 2. The van der Waals surface area contributed by atoms with Gasteiger partial charge in [0, 0.05) is 75.3 Å². The van der Waals surface area contributed by atoms with Gasteiger partial charge >= 0.3 is 0 Å². The molecule has 4 aromatic carbocycles. The standard InChI is InChI=1S/C21H26N2S2.C15H15Br.C5H12N2.CH4/c1-22-13-15-23(16-14-22)21(24)25-17-12-20(18-8-4-2-5-9-18)19-10-6-3-7-11-19;16-12-11-15(13-7-3-1-4-8-13)14-9-5-2-6-10-14;1-7-4-2-6-3-5-7;/h2-11,20H,12-17H2,1H3;1-10,15H,11-12H2;6H,2-5H2,1H3;1H4. The van der Waals surface area contributed by atoms with E-state index in [9.17, 15) is 0 Å². The summed E-state index contributed by atoms with van der Waals surface area (Å²) in [6.07, 6.45) is 2.24. The number of nitrogens with zero attached hydrogens (tertiary/aromatic N) is 3. The number of hydrogen-bond donors (Lipinski definition) is 1. The van der Waals surface area contributed by atoms with Crippen molar-refractivity contribution in [1.82, 2.24) is 20.0 Å². The van der Waals surface area contributed by atoms with Crippen molar-refractivity contribution >= 4 is 44.2 Å². The van der Waals surface area contributed by atoms with Crippen molar-refractivity contribution in [2.45, 2.75) is 32.1 Å². The van der Waals surface area contributed by atoms with E-state index >= 15 is 0 Å². The van der Waals surface area contributed by atoms with Gasteiger partial charge in [-0.15, -0.1) is 0 Å². The van der Waals surface area contributed by atoms with Gasteiger partial charge in [0.25, 0.3) is 0 Å². The molecule has 7 heteroatoms. The number of nitrogens with one attached hydrogen (secondary N) is 1. The second-order valence-corrected chi connectivity index (χ2v) is 15.0. The van der Waals surface area contributed by atoms with E-state index in [0.717, 1.165) is 67.5 Å². The maximum Gasteiger partial charge on any atom is 0.136 e. The molecule has 1 N–H and O–H groups in total. The van der Waals surface area contributed by atoms with Gasteiger partial charge in [0.1, 0.15) is 4.32 Å². The van der Waals surface area contributed by atoms with E-state index in [1.165, 1.54) is 35.3 Å². The molecule has 0 aliphatic carbocycles. The first-order valence-electron chi connectivity index (χ1n) is 17.3. The van der Waals surface area contributed by atoms with Crippen molar-refractivity contribution in [1.29, 1.82) is 0 Å². The number of thioether (sulfide) groups is 1. The fourth-order valence-electron chi connectivity index (χ4n) is 6.02. The molecule has 0 unspecified atom stereocenters. The zero-order valence-electron chi connectivity index (χ0n) is 28.7. The Morgan fingerprint density at radius 3 is 1.33 bits per heavy atom. The van der Waals surface area contributed by atoms with Crippen molar-refractivity contribution in [2.75, 3.05) is 77.5 Å². The molecule has 2 aliphatic rings. The summed E-state index contributed by atoms with van der Waals surface area (Å²) < 4.78 is 1.06. The topological polar surface area (TPSA) is 21.8 Å². The van der Waals surface area contributed by atoms with Gasteiger partial charge in [-0.25, -0.2) is 0 Å². The Morgan fingerprint density at radius 2 is 0.980 bits per heavy atom. The van der Waals surface area contributed by atoms with E-state index in [2.05, 4.69) is 171 Å². The van der Waals surface area contributed by atoms with Gasteiger partial charge < -0.3 is 20.0 Å². The van der Waals surface area contributed by atoms with Crippen LogP contribution in [0, 0.1) is 0 Å². The number of thiocarbonyl (C=S) groups is 1. The Morgan fingerprint density at radius 1 is 0.612 bits per heavy atom. The Kier molecular flexibility index (Phi) is 19.9. The summed E-state index contributed by atoms with van der Waals surface area (Å²) in [4.78, 5) is 7.06.